The van der Waals surface area contributed by atoms with Crippen LogP contribution in [0, 0.1) is 5.82 Å². The highest BCUT2D eigenvalue weighted by molar-refractivity contribution is 7.92. The molecule has 0 radical (unpaired) electrons. The van der Waals surface area contributed by atoms with Crippen molar-refractivity contribution in [2.24, 2.45) is 0 Å². The Morgan fingerprint density at radius 2 is 2.13 bits per heavy atom. The quantitative estimate of drug-likeness (QED) is 0.797. The zero-order chi connectivity index (χ0) is 11.5. The van der Waals surface area contributed by atoms with Gasteiger partial charge in [-0.1, -0.05) is 0 Å². The molecule has 0 aliphatic rings. The van der Waals surface area contributed by atoms with Crippen molar-refractivity contribution in [3.63, 3.8) is 0 Å². The zero-order valence-corrected chi connectivity index (χ0v) is 8.84. The average Bonchev–Trinajstić information content (AvgIpc) is 2.20. The van der Waals surface area contributed by atoms with Crippen LogP contribution in [0.4, 0.5) is 10.1 Å². The average molecular weight is 231 g/mol. The van der Waals surface area contributed by atoms with Gasteiger partial charge in [0.05, 0.1) is 11.3 Å². The summed E-state index contributed by atoms with van der Waals surface area (Å²) in [5.74, 6) is -0.759. The van der Waals surface area contributed by atoms with Crippen LogP contribution in [0.5, 0.6) is 0 Å². The van der Waals surface area contributed by atoms with E-state index in [0.29, 0.717) is 6.29 Å². The summed E-state index contributed by atoms with van der Waals surface area (Å²) in [6.07, 6.45) is 0.332. The highest BCUT2D eigenvalue weighted by Gasteiger charge is 2.08. The van der Waals surface area contributed by atoms with Crippen molar-refractivity contribution < 1.29 is 17.6 Å². The number of hydrogen-bond donors (Lipinski definition) is 1. The summed E-state index contributed by atoms with van der Waals surface area (Å²) >= 11 is 0. The Kier molecular flexibility index (Phi) is 3.41. The van der Waals surface area contributed by atoms with E-state index in [-0.39, 0.29) is 17.0 Å². The van der Waals surface area contributed by atoms with Gasteiger partial charge < -0.3 is 0 Å². The van der Waals surface area contributed by atoms with Crippen molar-refractivity contribution in [3.05, 3.63) is 29.6 Å². The molecule has 0 aliphatic heterocycles. The molecule has 15 heavy (non-hydrogen) atoms. The van der Waals surface area contributed by atoms with Crippen LogP contribution in [0.3, 0.4) is 0 Å². The maximum absolute atomic E-state index is 12.9. The van der Waals surface area contributed by atoms with Gasteiger partial charge in [-0.3, -0.25) is 9.52 Å². The van der Waals surface area contributed by atoms with Crippen LogP contribution in [0.1, 0.15) is 17.3 Å². The van der Waals surface area contributed by atoms with E-state index >= 15 is 0 Å². The number of nitrogens with one attached hydrogen (secondary N) is 1. The summed E-state index contributed by atoms with van der Waals surface area (Å²) in [5, 5.41) is 0. The minimum atomic E-state index is -3.40. The molecule has 0 spiro atoms. The molecule has 0 unspecified atom stereocenters. The van der Waals surface area contributed by atoms with Crippen molar-refractivity contribution >= 4 is 22.0 Å². The number of aldehydes is 1. The summed E-state index contributed by atoms with van der Waals surface area (Å²) in [6, 6.07) is 3.45. The number of carbonyl (C=O) groups is 1. The molecule has 0 aromatic heterocycles. The second kappa shape index (κ2) is 4.39. The number of hydrogen-bond acceptors (Lipinski definition) is 3. The Morgan fingerprint density at radius 3 is 2.67 bits per heavy atom. The number of halogens is 1. The van der Waals surface area contributed by atoms with Crippen molar-refractivity contribution in [3.8, 4) is 0 Å². The lowest BCUT2D eigenvalue weighted by molar-refractivity contribution is 0.112. The fourth-order valence-electron chi connectivity index (χ4n) is 0.949. The van der Waals surface area contributed by atoms with Gasteiger partial charge in [0, 0.05) is 5.69 Å². The van der Waals surface area contributed by atoms with Crippen LogP contribution in [0.15, 0.2) is 18.2 Å². The van der Waals surface area contributed by atoms with E-state index in [9.17, 15) is 17.6 Å². The second-order valence-electron chi connectivity index (χ2n) is 2.86. The van der Waals surface area contributed by atoms with Crippen LogP contribution in [0.2, 0.25) is 0 Å². The molecule has 1 aromatic carbocycles. The lowest BCUT2D eigenvalue weighted by atomic mass is 10.2. The van der Waals surface area contributed by atoms with Crippen LogP contribution in [0.25, 0.3) is 0 Å². The predicted molar refractivity (Wildman–Crippen MR) is 54.9 cm³/mol. The molecule has 4 nitrogen and oxygen atoms in total. The lowest BCUT2D eigenvalue weighted by Gasteiger charge is -2.06. The first-order valence-corrected chi connectivity index (χ1v) is 5.89. The smallest absolute Gasteiger partial charge is 0.232 e. The first-order chi connectivity index (χ1) is 6.98. The summed E-state index contributed by atoms with van der Waals surface area (Å²) in [4.78, 5) is 10.4. The number of rotatable bonds is 4. The summed E-state index contributed by atoms with van der Waals surface area (Å²) < 4.78 is 37.4. The molecule has 0 heterocycles. The molecule has 0 saturated heterocycles. The predicted octanol–water partition coefficient (Wildman–Crippen LogP) is 1.40. The van der Waals surface area contributed by atoms with E-state index in [0.717, 1.165) is 12.1 Å². The molecule has 0 saturated carbocycles. The molecular formula is C9H10FNO3S. The highest BCUT2D eigenvalue weighted by atomic mass is 32.2. The number of sulfonamides is 1. The highest BCUT2D eigenvalue weighted by Crippen LogP contribution is 2.14. The Balaban J connectivity index is 3.03. The Hall–Kier alpha value is -1.43. The maximum Gasteiger partial charge on any atom is 0.232 e. The van der Waals surface area contributed by atoms with Crippen LogP contribution in [-0.4, -0.2) is 20.5 Å². The molecule has 82 valence electrons. The van der Waals surface area contributed by atoms with E-state index in [1.54, 1.807) is 0 Å². The summed E-state index contributed by atoms with van der Waals surface area (Å²) in [6.45, 7) is 1.48. The van der Waals surface area contributed by atoms with Crippen LogP contribution < -0.4 is 4.72 Å². The third-order valence-electron chi connectivity index (χ3n) is 1.78. The van der Waals surface area contributed by atoms with Gasteiger partial charge >= 0.3 is 0 Å². The molecular weight excluding hydrogens is 221 g/mol. The Bertz CT molecular complexity index is 470. The fraction of sp³-hybridized carbons (Fsp3) is 0.222. The number of carbonyl (C=O) groups excluding carboxylic acids is 1. The van der Waals surface area contributed by atoms with Crippen molar-refractivity contribution in [1.82, 2.24) is 0 Å². The minimum absolute atomic E-state index is 0.0825. The van der Waals surface area contributed by atoms with Crippen LogP contribution in [-0.2, 0) is 10.0 Å². The molecule has 1 aromatic rings. The molecule has 0 aliphatic carbocycles. The molecule has 6 heteroatoms. The van der Waals surface area contributed by atoms with Gasteiger partial charge in [0.15, 0.2) is 6.29 Å². The van der Waals surface area contributed by atoms with Gasteiger partial charge in [-0.05, 0) is 25.1 Å². The summed E-state index contributed by atoms with van der Waals surface area (Å²) in [5.41, 5.74) is 0.00616. The Morgan fingerprint density at radius 1 is 1.47 bits per heavy atom. The largest absolute Gasteiger partial charge is 0.298 e. The molecule has 0 amide bonds. The minimum Gasteiger partial charge on any atom is -0.298 e. The normalized spacial score (nSPS) is 11.1. The molecule has 1 N–H and O–H groups in total. The lowest BCUT2D eigenvalue weighted by Crippen LogP contribution is -2.14. The van der Waals surface area contributed by atoms with Gasteiger partial charge in [-0.2, -0.15) is 0 Å². The van der Waals surface area contributed by atoms with Crippen molar-refractivity contribution in [1.29, 1.82) is 0 Å². The van der Waals surface area contributed by atoms with E-state index in [1.807, 2.05) is 0 Å². The van der Waals surface area contributed by atoms with E-state index < -0.39 is 15.8 Å². The first-order valence-electron chi connectivity index (χ1n) is 4.23. The zero-order valence-electron chi connectivity index (χ0n) is 8.03. The first kappa shape index (κ1) is 11.6. The third-order valence-corrected chi connectivity index (χ3v) is 3.08. The SMILES string of the molecule is CCS(=O)(=O)Nc1ccc(F)c(C=O)c1. The van der Waals surface area contributed by atoms with Crippen molar-refractivity contribution in [2.75, 3.05) is 10.5 Å². The van der Waals surface area contributed by atoms with Crippen molar-refractivity contribution in [2.45, 2.75) is 6.92 Å². The molecule has 0 fully saturated rings. The fourth-order valence-corrected chi connectivity index (χ4v) is 1.58. The third kappa shape index (κ3) is 3.02. The van der Waals surface area contributed by atoms with Gasteiger partial charge in [0.1, 0.15) is 5.82 Å². The van der Waals surface area contributed by atoms with E-state index in [4.69, 9.17) is 0 Å². The number of benzene rings is 1. The monoisotopic (exact) mass is 231 g/mol. The van der Waals surface area contributed by atoms with Gasteiger partial charge in [-0.25, -0.2) is 12.8 Å². The second-order valence-corrected chi connectivity index (χ2v) is 4.87. The number of anilines is 1. The topological polar surface area (TPSA) is 63.2 Å². The van der Waals surface area contributed by atoms with E-state index in [2.05, 4.69) is 4.72 Å². The van der Waals surface area contributed by atoms with Gasteiger partial charge in [-0.15, -0.1) is 0 Å². The summed E-state index contributed by atoms with van der Waals surface area (Å²) in [7, 11) is -3.40. The van der Waals surface area contributed by atoms with Gasteiger partial charge in [0.25, 0.3) is 0 Å². The van der Waals surface area contributed by atoms with E-state index in [1.165, 1.54) is 13.0 Å². The Labute approximate surface area is 87.2 Å². The maximum atomic E-state index is 12.9. The van der Waals surface area contributed by atoms with Crippen LogP contribution >= 0.6 is 0 Å². The van der Waals surface area contributed by atoms with Gasteiger partial charge in [0.2, 0.25) is 10.0 Å². The molecule has 0 atom stereocenters. The molecule has 0 bridgehead atoms. The standard InChI is InChI=1S/C9H10FNO3S/c1-2-15(13,14)11-8-3-4-9(10)7(5-8)6-12/h3-6,11H,2H2,1H3. The molecule has 1 rings (SSSR count).